The van der Waals surface area contributed by atoms with Crippen molar-refractivity contribution in [3.63, 3.8) is 0 Å². The van der Waals surface area contributed by atoms with E-state index in [1.165, 1.54) is 0 Å². The summed E-state index contributed by atoms with van der Waals surface area (Å²) in [4.78, 5) is 11.4. The molecule has 21 heavy (non-hydrogen) atoms. The third-order valence-corrected chi connectivity index (χ3v) is 5.08. The molecule has 0 radical (unpaired) electrons. The summed E-state index contributed by atoms with van der Waals surface area (Å²) in [5.41, 5.74) is 1.48. The van der Waals surface area contributed by atoms with Crippen molar-refractivity contribution < 1.29 is 9.84 Å². The van der Waals surface area contributed by atoms with Crippen molar-refractivity contribution in [2.45, 2.75) is 51.7 Å². The summed E-state index contributed by atoms with van der Waals surface area (Å²) >= 11 is 0. The zero-order valence-electron chi connectivity index (χ0n) is 13.2. The first-order valence-corrected chi connectivity index (χ1v) is 7.86. The first-order valence-electron chi connectivity index (χ1n) is 7.86. The highest BCUT2D eigenvalue weighted by atomic mass is 16.5. The lowest BCUT2D eigenvalue weighted by Crippen LogP contribution is -2.53. The number of aryl methyl sites for hydroxylation is 2. The van der Waals surface area contributed by atoms with E-state index in [-0.39, 0.29) is 12.0 Å². The summed E-state index contributed by atoms with van der Waals surface area (Å²) < 4.78 is 5.63. The average molecular weight is 291 g/mol. The Balaban J connectivity index is 1.86. The first-order chi connectivity index (χ1) is 9.99. The van der Waals surface area contributed by atoms with Gasteiger partial charge in [-0.05, 0) is 45.6 Å². The molecule has 0 spiro atoms. The molecule has 116 valence electrons. The molecule has 1 aromatic heterocycles. The number of nitrogens with zero attached hydrogens (tertiary/aromatic N) is 3. The van der Waals surface area contributed by atoms with Gasteiger partial charge in [0.05, 0.1) is 12.2 Å². The number of anilines is 1. The fraction of sp³-hybridized carbons (Fsp3) is 0.750. The van der Waals surface area contributed by atoms with Gasteiger partial charge in [0, 0.05) is 37.0 Å². The van der Waals surface area contributed by atoms with Crippen LogP contribution in [0.25, 0.3) is 0 Å². The minimum Gasteiger partial charge on any atom is -0.390 e. The highest BCUT2D eigenvalue weighted by Gasteiger charge is 2.44. The van der Waals surface area contributed by atoms with Gasteiger partial charge in [0.15, 0.2) is 0 Å². The minimum atomic E-state index is -0.661. The Morgan fingerprint density at radius 3 is 2.95 bits per heavy atom. The monoisotopic (exact) mass is 291 g/mol. The topological polar surface area (TPSA) is 58.5 Å². The molecule has 0 saturated carbocycles. The van der Waals surface area contributed by atoms with Crippen LogP contribution in [0.5, 0.6) is 0 Å². The van der Waals surface area contributed by atoms with Crippen molar-refractivity contribution in [2.75, 3.05) is 24.7 Å². The van der Waals surface area contributed by atoms with E-state index in [4.69, 9.17) is 4.74 Å². The Morgan fingerprint density at radius 1 is 1.43 bits per heavy atom. The molecule has 0 unspecified atom stereocenters. The number of hydrogen-bond donors (Lipinski definition) is 1. The second-order valence-corrected chi connectivity index (χ2v) is 6.63. The van der Waals surface area contributed by atoms with Crippen molar-refractivity contribution in [3.05, 3.63) is 17.5 Å². The molecule has 0 aliphatic carbocycles. The number of aromatic nitrogens is 2. The highest BCUT2D eigenvalue weighted by molar-refractivity contribution is 5.36. The van der Waals surface area contributed by atoms with E-state index in [0.717, 1.165) is 36.6 Å². The van der Waals surface area contributed by atoms with Crippen molar-refractivity contribution in [2.24, 2.45) is 5.92 Å². The molecule has 0 amide bonds. The molecule has 1 N–H and O–H groups in total. The predicted octanol–water partition coefficient (Wildman–Crippen LogP) is 1.85. The number of hydrogen-bond acceptors (Lipinski definition) is 5. The van der Waals surface area contributed by atoms with Crippen LogP contribution in [-0.2, 0) is 4.74 Å². The molecule has 3 rings (SSSR count). The maximum atomic E-state index is 10.7. The maximum Gasteiger partial charge on any atom is 0.225 e. The van der Waals surface area contributed by atoms with E-state index >= 15 is 0 Å². The quantitative estimate of drug-likeness (QED) is 0.901. The zero-order chi connectivity index (χ0) is 15.0. The minimum absolute atomic E-state index is 0.124. The lowest BCUT2D eigenvalue weighted by atomic mass is 9.79. The van der Waals surface area contributed by atoms with Crippen LogP contribution in [0.15, 0.2) is 6.20 Å². The fourth-order valence-electron chi connectivity index (χ4n) is 3.49. The van der Waals surface area contributed by atoms with Gasteiger partial charge in [0.25, 0.3) is 0 Å². The normalized spacial score (nSPS) is 33.4. The Hall–Kier alpha value is -1.20. The van der Waals surface area contributed by atoms with Crippen LogP contribution in [0.4, 0.5) is 5.95 Å². The van der Waals surface area contributed by atoms with E-state index in [2.05, 4.69) is 14.9 Å². The summed E-state index contributed by atoms with van der Waals surface area (Å²) in [5, 5.41) is 10.7. The second kappa shape index (κ2) is 5.54. The number of rotatable bonds is 2. The van der Waals surface area contributed by atoms with Gasteiger partial charge in [-0.2, -0.15) is 0 Å². The Kier molecular flexibility index (Phi) is 3.88. The van der Waals surface area contributed by atoms with Crippen LogP contribution in [0.2, 0.25) is 0 Å². The van der Waals surface area contributed by atoms with Gasteiger partial charge in [0.1, 0.15) is 0 Å². The van der Waals surface area contributed by atoms with Gasteiger partial charge in [-0.25, -0.2) is 9.97 Å². The Bertz CT molecular complexity index is 518. The van der Waals surface area contributed by atoms with Gasteiger partial charge in [-0.1, -0.05) is 0 Å². The first kappa shape index (κ1) is 14.7. The van der Waals surface area contributed by atoms with Crippen molar-refractivity contribution in [1.29, 1.82) is 0 Å². The van der Waals surface area contributed by atoms with Gasteiger partial charge in [-0.3, -0.25) is 0 Å². The summed E-state index contributed by atoms with van der Waals surface area (Å²) in [7, 11) is 0. The molecule has 3 atom stereocenters. The third kappa shape index (κ3) is 2.77. The molecule has 0 aromatic carbocycles. The second-order valence-electron chi connectivity index (χ2n) is 6.63. The average Bonchev–Trinajstić information content (AvgIpc) is 2.90. The highest BCUT2D eigenvalue weighted by Crippen LogP contribution is 2.37. The van der Waals surface area contributed by atoms with Crippen molar-refractivity contribution >= 4 is 5.95 Å². The SMILES string of the molecule is Cc1cnc(N2CCC[C@@H]2[C@H]2COCC[C@]2(C)O)nc1C. The van der Waals surface area contributed by atoms with Crippen LogP contribution in [0, 0.1) is 19.8 Å². The van der Waals surface area contributed by atoms with E-state index in [9.17, 15) is 5.11 Å². The third-order valence-electron chi connectivity index (χ3n) is 5.08. The van der Waals surface area contributed by atoms with Crippen LogP contribution in [-0.4, -0.2) is 46.5 Å². The van der Waals surface area contributed by atoms with Gasteiger partial charge in [-0.15, -0.1) is 0 Å². The predicted molar refractivity (Wildman–Crippen MR) is 81.4 cm³/mol. The molecule has 3 heterocycles. The summed E-state index contributed by atoms with van der Waals surface area (Å²) in [6.07, 6.45) is 4.78. The van der Waals surface area contributed by atoms with E-state index < -0.39 is 5.60 Å². The lowest BCUT2D eigenvalue weighted by Gasteiger charge is -2.43. The summed E-state index contributed by atoms with van der Waals surface area (Å²) in [6.45, 7) is 8.22. The van der Waals surface area contributed by atoms with E-state index in [0.29, 0.717) is 19.6 Å². The Labute approximate surface area is 126 Å². The number of ether oxygens (including phenoxy) is 1. The summed E-state index contributed by atoms with van der Waals surface area (Å²) in [6, 6.07) is 0.266. The van der Waals surface area contributed by atoms with Crippen LogP contribution in [0.3, 0.4) is 0 Å². The van der Waals surface area contributed by atoms with Crippen LogP contribution >= 0.6 is 0 Å². The van der Waals surface area contributed by atoms with Gasteiger partial charge < -0.3 is 14.7 Å². The molecule has 2 saturated heterocycles. The molecule has 1 aromatic rings. The smallest absolute Gasteiger partial charge is 0.225 e. The molecular weight excluding hydrogens is 266 g/mol. The van der Waals surface area contributed by atoms with E-state index in [1.807, 2.05) is 27.0 Å². The van der Waals surface area contributed by atoms with E-state index in [1.54, 1.807) is 0 Å². The molecule has 2 aliphatic rings. The largest absolute Gasteiger partial charge is 0.390 e. The Morgan fingerprint density at radius 2 is 2.24 bits per heavy atom. The molecule has 5 heteroatoms. The van der Waals surface area contributed by atoms with Crippen LogP contribution < -0.4 is 4.90 Å². The van der Waals surface area contributed by atoms with Crippen LogP contribution in [0.1, 0.15) is 37.4 Å². The number of aliphatic hydroxyl groups is 1. The van der Waals surface area contributed by atoms with Gasteiger partial charge >= 0.3 is 0 Å². The fourth-order valence-corrected chi connectivity index (χ4v) is 3.49. The zero-order valence-corrected chi connectivity index (χ0v) is 13.2. The lowest BCUT2D eigenvalue weighted by molar-refractivity contribution is -0.108. The van der Waals surface area contributed by atoms with Crippen molar-refractivity contribution in [3.8, 4) is 0 Å². The van der Waals surface area contributed by atoms with Crippen molar-refractivity contribution in [1.82, 2.24) is 9.97 Å². The molecule has 2 fully saturated rings. The standard InChI is InChI=1S/C16H25N3O2/c1-11-9-17-15(18-12(11)2)19-7-4-5-14(19)13-10-21-8-6-16(13,3)20/h9,13-14,20H,4-8,10H2,1-3H3/t13-,14-,16+/m1/s1. The molecule has 2 aliphatic heterocycles. The van der Waals surface area contributed by atoms with Gasteiger partial charge in [0.2, 0.25) is 5.95 Å². The maximum absolute atomic E-state index is 10.7. The molecular formula is C16H25N3O2. The summed E-state index contributed by atoms with van der Waals surface area (Å²) in [5.74, 6) is 0.918. The molecule has 0 bridgehead atoms. The molecule has 5 nitrogen and oxygen atoms in total.